The highest BCUT2D eigenvalue weighted by molar-refractivity contribution is 9.10. The molecule has 0 aliphatic carbocycles. The molecular formula is C21H22BrN5O2S. The van der Waals surface area contributed by atoms with Crippen LogP contribution in [0.4, 0.5) is 5.69 Å². The predicted octanol–water partition coefficient (Wildman–Crippen LogP) is 4.37. The summed E-state index contributed by atoms with van der Waals surface area (Å²) in [7, 11) is 1.63. The first-order valence-corrected chi connectivity index (χ1v) is 11.1. The highest BCUT2D eigenvalue weighted by atomic mass is 79.9. The number of hydrogen-bond acceptors (Lipinski definition) is 6. The fraction of sp³-hybridized carbons (Fsp3) is 0.286. The van der Waals surface area contributed by atoms with Gasteiger partial charge in [-0.15, -0.1) is 10.2 Å². The number of aryl methyl sites for hydroxylation is 3. The van der Waals surface area contributed by atoms with Gasteiger partial charge in [-0.05, 0) is 77.7 Å². The van der Waals surface area contributed by atoms with E-state index >= 15 is 0 Å². The minimum atomic E-state index is -0.442. The van der Waals surface area contributed by atoms with E-state index in [4.69, 9.17) is 4.74 Å². The fourth-order valence-corrected chi connectivity index (χ4v) is 5.23. The van der Waals surface area contributed by atoms with Gasteiger partial charge in [0.15, 0.2) is 0 Å². The lowest BCUT2D eigenvalue weighted by Gasteiger charge is -2.33. The summed E-state index contributed by atoms with van der Waals surface area (Å²) in [4.78, 5) is 13.3. The Labute approximate surface area is 187 Å². The molecule has 4 rings (SSSR count). The van der Waals surface area contributed by atoms with Gasteiger partial charge in [0.05, 0.1) is 17.6 Å². The van der Waals surface area contributed by atoms with E-state index in [0.717, 1.165) is 38.4 Å². The molecule has 1 aliphatic heterocycles. The van der Waals surface area contributed by atoms with Crippen molar-refractivity contribution in [2.45, 2.75) is 37.2 Å². The molecule has 3 aromatic rings. The molecule has 156 valence electrons. The Bertz CT molecular complexity index is 1100. The van der Waals surface area contributed by atoms with Crippen LogP contribution in [-0.4, -0.2) is 33.1 Å². The van der Waals surface area contributed by atoms with Crippen LogP contribution in [0.15, 0.2) is 46.0 Å². The van der Waals surface area contributed by atoms with Gasteiger partial charge in [0, 0.05) is 5.69 Å². The van der Waals surface area contributed by atoms with Gasteiger partial charge in [-0.2, -0.15) is 0 Å². The summed E-state index contributed by atoms with van der Waals surface area (Å²) in [6.07, 6.45) is 0. The molecule has 30 heavy (non-hydrogen) atoms. The fourth-order valence-electron chi connectivity index (χ4n) is 3.55. The molecule has 0 saturated carbocycles. The Morgan fingerprint density at radius 3 is 2.57 bits per heavy atom. The maximum atomic E-state index is 13.3. The van der Waals surface area contributed by atoms with Crippen molar-refractivity contribution in [1.29, 1.82) is 0 Å². The minimum absolute atomic E-state index is 0.0960. The second kappa shape index (κ2) is 8.31. The van der Waals surface area contributed by atoms with Crippen molar-refractivity contribution < 1.29 is 9.53 Å². The molecule has 0 fully saturated rings. The Kier molecular flexibility index (Phi) is 5.75. The predicted molar refractivity (Wildman–Crippen MR) is 122 cm³/mol. The second-order valence-electron chi connectivity index (χ2n) is 7.27. The van der Waals surface area contributed by atoms with Crippen LogP contribution in [0.25, 0.3) is 0 Å². The van der Waals surface area contributed by atoms with E-state index in [1.807, 2.05) is 55.8 Å². The number of rotatable bonds is 4. The van der Waals surface area contributed by atoms with Gasteiger partial charge in [0.2, 0.25) is 11.1 Å². The van der Waals surface area contributed by atoms with Crippen LogP contribution in [0.5, 0.6) is 5.75 Å². The largest absolute Gasteiger partial charge is 0.496 e. The van der Waals surface area contributed by atoms with Gasteiger partial charge in [-0.3, -0.25) is 4.79 Å². The Morgan fingerprint density at radius 2 is 1.90 bits per heavy atom. The number of fused-ring (bicyclic) bond motifs is 1. The molecule has 2 N–H and O–H groups in total. The molecule has 2 atom stereocenters. The SMILES string of the molecule is COc1ccc([C@@H]2Nn3c(C)nnc3S[C@H]2C(=O)Nc2cc(C)cc(C)c2)cc1Br. The quantitative estimate of drug-likeness (QED) is 0.568. The van der Waals surface area contributed by atoms with Crippen LogP contribution in [0.2, 0.25) is 0 Å². The zero-order valence-corrected chi connectivity index (χ0v) is 19.5. The van der Waals surface area contributed by atoms with Crippen molar-refractivity contribution in [3.8, 4) is 5.75 Å². The molecule has 9 heteroatoms. The molecule has 0 spiro atoms. The van der Waals surface area contributed by atoms with Crippen LogP contribution >= 0.6 is 27.7 Å². The molecule has 1 aliphatic rings. The summed E-state index contributed by atoms with van der Waals surface area (Å²) in [6, 6.07) is 11.6. The number of thioether (sulfide) groups is 1. The van der Waals surface area contributed by atoms with Gasteiger partial charge in [0.25, 0.3) is 0 Å². The summed E-state index contributed by atoms with van der Waals surface area (Å²) in [5, 5.41) is 11.6. The second-order valence-corrected chi connectivity index (χ2v) is 9.23. The Balaban J connectivity index is 1.69. The van der Waals surface area contributed by atoms with Gasteiger partial charge in [-0.25, -0.2) is 4.68 Å². The summed E-state index contributed by atoms with van der Waals surface area (Å²) in [5.74, 6) is 1.38. The van der Waals surface area contributed by atoms with Crippen molar-refractivity contribution >= 4 is 39.3 Å². The zero-order valence-electron chi connectivity index (χ0n) is 17.1. The first-order valence-electron chi connectivity index (χ1n) is 9.43. The number of amides is 1. The van der Waals surface area contributed by atoms with E-state index in [1.54, 1.807) is 7.11 Å². The third kappa shape index (κ3) is 4.04. The van der Waals surface area contributed by atoms with Crippen LogP contribution < -0.4 is 15.5 Å². The molecule has 2 aromatic carbocycles. The summed E-state index contributed by atoms with van der Waals surface area (Å²) >= 11 is 4.95. The first-order chi connectivity index (χ1) is 14.4. The maximum absolute atomic E-state index is 13.3. The molecule has 0 bridgehead atoms. The van der Waals surface area contributed by atoms with E-state index in [9.17, 15) is 4.79 Å². The van der Waals surface area contributed by atoms with Gasteiger partial charge in [-0.1, -0.05) is 23.9 Å². The van der Waals surface area contributed by atoms with Crippen LogP contribution in [0.3, 0.4) is 0 Å². The molecule has 0 saturated heterocycles. The van der Waals surface area contributed by atoms with E-state index in [2.05, 4.69) is 42.9 Å². The topological polar surface area (TPSA) is 81.1 Å². The van der Waals surface area contributed by atoms with Crippen molar-refractivity contribution in [2.75, 3.05) is 17.9 Å². The smallest absolute Gasteiger partial charge is 0.240 e. The summed E-state index contributed by atoms with van der Waals surface area (Å²) in [6.45, 7) is 5.91. The zero-order chi connectivity index (χ0) is 21.4. The van der Waals surface area contributed by atoms with Crippen molar-refractivity contribution in [1.82, 2.24) is 14.9 Å². The monoisotopic (exact) mass is 487 g/mol. The normalized spacial score (nSPS) is 17.8. The Hall–Kier alpha value is -2.52. The molecule has 7 nitrogen and oxygen atoms in total. The Morgan fingerprint density at radius 1 is 1.17 bits per heavy atom. The van der Waals surface area contributed by atoms with Crippen LogP contribution in [0.1, 0.15) is 28.6 Å². The lowest BCUT2D eigenvalue weighted by Crippen LogP contribution is -2.41. The number of methoxy groups -OCH3 is 1. The number of carbonyl (C=O) groups excluding carboxylic acids is 1. The molecule has 1 amide bonds. The number of carbonyl (C=O) groups is 1. The highest BCUT2D eigenvalue weighted by Gasteiger charge is 2.37. The van der Waals surface area contributed by atoms with Gasteiger partial charge >= 0.3 is 0 Å². The number of nitrogens with zero attached hydrogens (tertiary/aromatic N) is 3. The molecule has 2 heterocycles. The van der Waals surface area contributed by atoms with E-state index in [-0.39, 0.29) is 11.9 Å². The van der Waals surface area contributed by atoms with Gasteiger partial charge in [0.1, 0.15) is 16.8 Å². The standard InChI is InChI=1S/C21H22BrN5O2S/c1-11-7-12(2)9-15(8-11)23-20(28)19-18(14-5-6-17(29-4)16(22)10-14)26-27-13(3)24-25-21(27)30-19/h5-10,18-19,26H,1-4H3,(H,23,28)/t18-,19+/m0/s1. The van der Waals surface area contributed by atoms with E-state index < -0.39 is 5.25 Å². The van der Waals surface area contributed by atoms with Crippen LogP contribution in [0, 0.1) is 20.8 Å². The van der Waals surface area contributed by atoms with Crippen molar-refractivity contribution in [3.05, 3.63) is 63.4 Å². The van der Waals surface area contributed by atoms with Crippen LogP contribution in [-0.2, 0) is 4.79 Å². The molecule has 0 radical (unpaired) electrons. The number of halogens is 1. The number of ether oxygens (including phenoxy) is 1. The van der Waals surface area contributed by atoms with E-state index in [1.165, 1.54) is 11.8 Å². The lowest BCUT2D eigenvalue weighted by atomic mass is 10.0. The number of hydrogen-bond donors (Lipinski definition) is 2. The molecule has 1 aromatic heterocycles. The van der Waals surface area contributed by atoms with Crippen molar-refractivity contribution in [3.63, 3.8) is 0 Å². The minimum Gasteiger partial charge on any atom is -0.496 e. The summed E-state index contributed by atoms with van der Waals surface area (Å²) < 4.78 is 8.00. The highest BCUT2D eigenvalue weighted by Crippen LogP contribution is 2.39. The van der Waals surface area contributed by atoms with Crippen molar-refractivity contribution in [2.24, 2.45) is 0 Å². The number of benzene rings is 2. The molecule has 0 unspecified atom stereocenters. The van der Waals surface area contributed by atoms with E-state index in [0.29, 0.717) is 5.16 Å². The van der Waals surface area contributed by atoms with Gasteiger partial charge < -0.3 is 15.5 Å². The average molecular weight is 488 g/mol. The third-order valence-electron chi connectivity index (χ3n) is 4.88. The maximum Gasteiger partial charge on any atom is 0.240 e. The number of aromatic nitrogens is 3. The average Bonchev–Trinajstić information content (AvgIpc) is 3.06. The lowest BCUT2D eigenvalue weighted by molar-refractivity contribution is -0.116. The third-order valence-corrected chi connectivity index (χ3v) is 6.72. The number of anilines is 1. The summed E-state index contributed by atoms with van der Waals surface area (Å²) in [5.41, 5.74) is 7.36. The first kappa shape index (κ1) is 20.7. The number of nitrogens with one attached hydrogen (secondary N) is 2. The molecular weight excluding hydrogens is 466 g/mol.